The number of amides is 1. The number of anilines is 3. The lowest BCUT2D eigenvalue weighted by Gasteiger charge is -2.13. The fraction of sp³-hybridized carbons (Fsp3) is 0.0385. The van der Waals surface area contributed by atoms with Gasteiger partial charge in [-0.3, -0.25) is 14.2 Å². The van der Waals surface area contributed by atoms with E-state index < -0.39 is 43.1 Å². The number of phenols is 1. The summed E-state index contributed by atoms with van der Waals surface area (Å²) in [4.78, 5) is 12.2. The van der Waals surface area contributed by atoms with Crippen molar-refractivity contribution >= 4 is 54.6 Å². The largest absolute Gasteiger partial charge is 0.506 e. The maximum absolute atomic E-state index is 14.6. The lowest BCUT2D eigenvalue weighted by atomic mass is 10.2. The Morgan fingerprint density at radius 3 is 2.03 bits per heavy atom. The fourth-order valence-electron chi connectivity index (χ4n) is 3.51. The maximum atomic E-state index is 14.6. The summed E-state index contributed by atoms with van der Waals surface area (Å²) in [6, 6.07) is 18.3. The van der Waals surface area contributed by atoms with Crippen LogP contribution in [0.5, 0.6) is 5.75 Å². The predicted molar refractivity (Wildman–Crippen MR) is 147 cm³/mol. The van der Waals surface area contributed by atoms with Gasteiger partial charge in [0, 0.05) is 10.7 Å². The number of halogens is 2. The molecule has 4 rings (SSSR count). The fourth-order valence-corrected chi connectivity index (χ4v) is 5.85. The average molecular weight is 590 g/mol. The molecule has 0 saturated heterocycles. The third-order valence-corrected chi connectivity index (χ3v) is 8.36. The van der Waals surface area contributed by atoms with Crippen LogP contribution in [0, 0.1) is 12.7 Å². The van der Waals surface area contributed by atoms with E-state index in [4.69, 9.17) is 11.6 Å². The van der Waals surface area contributed by atoms with Gasteiger partial charge in [0.2, 0.25) is 0 Å². The summed E-state index contributed by atoms with van der Waals surface area (Å²) in [5.74, 6) is -2.66. The molecule has 4 aromatic rings. The molecule has 0 unspecified atom stereocenters. The van der Waals surface area contributed by atoms with Crippen LogP contribution >= 0.6 is 11.6 Å². The van der Waals surface area contributed by atoms with Gasteiger partial charge in [0.1, 0.15) is 11.6 Å². The Bertz CT molecular complexity index is 1800. The number of aryl methyl sites for hydroxylation is 1. The van der Waals surface area contributed by atoms with Crippen molar-refractivity contribution in [3.63, 3.8) is 0 Å². The summed E-state index contributed by atoms with van der Waals surface area (Å²) in [7, 11) is -8.36. The zero-order valence-electron chi connectivity index (χ0n) is 20.1. The molecule has 4 N–H and O–H groups in total. The van der Waals surface area contributed by atoms with E-state index in [-0.39, 0.29) is 26.9 Å². The van der Waals surface area contributed by atoms with Gasteiger partial charge >= 0.3 is 0 Å². The highest BCUT2D eigenvalue weighted by molar-refractivity contribution is 7.93. The zero-order valence-corrected chi connectivity index (χ0v) is 22.5. The smallest absolute Gasteiger partial charge is 0.261 e. The number of sulfonamides is 2. The van der Waals surface area contributed by atoms with Gasteiger partial charge in [0.15, 0.2) is 0 Å². The van der Waals surface area contributed by atoms with E-state index in [1.807, 2.05) is 0 Å². The molecule has 0 heterocycles. The topological polar surface area (TPSA) is 142 Å². The molecule has 0 aromatic heterocycles. The number of carbonyl (C=O) groups is 1. The number of hydrogen-bond acceptors (Lipinski definition) is 6. The maximum Gasteiger partial charge on any atom is 0.261 e. The van der Waals surface area contributed by atoms with E-state index >= 15 is 0 Å². The number of carbonyl (C=O) groups excluding carboxylic acids is 1. The van der Waals surface area contributed by atoms with Gasteiger partial charge in [-0.1, -0.05) is 29.8 Å². The third kappa shape index (κ3) is 6.66. The summed E-state index contributed by atoms with van der Waals surface area (Å²) in [6.07, 6.45) is 0. The van der Waals surface area contributed by atoms with Crippen LogP contribution in [0.4, 0.5) is 21.5 Å². The molecule has 1 amide bonds. The SMILES string of the molecule is Cc1cccc(NS(=O)(=O)c2ccc(F)c(C(=O)Nc3cc(S(=O)(=O)Nc4cccc(Cl)c4)ccc3O)c2)c1. The van der Waals surface area contributed by atoms with E-state index in [0.29, 0.717) is 5.02 Å². The summed E-state index contributed by atoms with van der Waals surface area (Å²) >= 11 is 5.89. The molecular formula is C26H21ClFN3O6S2. The van der Waals surface area contributed by atoms with Crippen molar-refractivity contribution in [1.29, 1.82) is 0 Å². The van der Waals surface area contributed by atoms with Gasteiger partial charge in [-0.15, -0.1) is 0 Å². The number of phenolic OH excluding ortho intramolecular Hbond substituents is 1. The van der Waals surface area contributed by atoms with Crippen LogP contribution in [-0.4, -0.2) is 27.8 Å². The zero-order chi connectivity index (χ0) is 28.4. The molecule has 0 bridgehead atoms. The minimum atomic E-state index is -4.19. The molecule has 4 aromatic carbocycles. The molecule has 0 saturated carbocycles. The molecule has 0 aliphatic heterocycles. The Labute approximate surface area is 229 Å². The highest BCUT2D eigenvalue weighted by Crippen LogP contribution is 2.29. The Kier molecular flexibility index (Phi) is 7.82. The van der Waals surface area contributed by atoms with Crippen molar-refractivity contribution in [2.75, 3.05) is 14.8 Å². The third-order valence-electron chi connectivity index (χ3n) is 5.37. The molecule has 0 radical (unpaired) electrons. The van der Waals surface area contributed by atoms with Crippen LogP contribution in [0.1, 0.15) is 15.9 Å². The molecule has 0 aliphatic rings. The van der Waals surface area contributed by atoms with Crippen LogP contribution in [-0.2, 0) is 20.0 Å². The predicted octanol–water partition coefficient (Wildman–Crippen LogP) is 5.35. The molecule has 0 fully saturated rings. The average Bonchev–Trinajstić information content (AvgIpc) is 2.85. The highest BCUT2D eigenvalue weighted by atomic mass is 35.5. The van der Waals surface area contributed by atoms with Crippen molar-refractivity contribution in [3.8, 4) is 5.75 Å². The normalized spacial score (nSPS) is 11.6. The van der Waals surface area contributed by atoms with Crippen LogP contribution in [0.2, 0.25) is 5.02 Å². The molecule has 9 nitrogen and oxygen atoms in total. The van der Waals surface area contributed by atoms with Gasteiger partial charge in [0.25, 0.3) is 26.0 Å². The van der Waals surface area contributed by atoms with Crippen molar-refractivity contribution in [3.05, 3.63) is 107 Å². The van der Waals surface area contributed by atoms with Crippen molar-refractivity contribution < 1.29 is 31.1 Å². The molecule has 0 atom stereocenters. The number of hydrogen-bond donors (Lipinski definition) is 4. The standard InChI is InChI=1S/C26H21ClFN3O6S2/c1-16-4-2-6-18(12-16)30-38(34,35)20-8-10-23(28)22(14-20)26(33)29-24-15-21(9-11-25(24)32)39(36,37)31-19-7-3-5-17(27)13-19/h2-15,30-32H,1H3,(H,29,33). The van der Waals surface area contributed by atoms with E-state index in [1.165, 1.54) is 18.2 Å². The molecule has 0 aliphatic carbocycles. The van der Waals surface area contributed by atoms with Crippen LogP contribution in [0.3, 0.4) is 0 Å². The molecule has 39 heavy (non-hydrogen) atoms. The van der Waals surface area contributed by atoms with E-state index in [9.17, 15) is 31.1 Å². The Morgan fingerprint density at radius 1 is 0.795 bits per heavy atom. The first-order valence-electron chi connectivity index (χ1n) is 11.2. The second-order valence-electron chi connectivity index (χ2n) is 8.37. The van der Waals surface area contributed by atoms with Gasteiger partial charge in [-0.25, -0.2) is 21.2 Å². The monoisotopic (exact) mass is 589 g/mol. The Morgan fingerprint density at radius 2 is 1.38 bits per heavy atom. The molecule has 202 valence electrons. The number of aromatic hydroxyl groups is 1. The summed E-state index contributed by atoms with van der Waals surface area (Å²) in [5.41, 5.74) is 0.271. The molecule has 13 heteroatoms. The second-order valence-corrected chi connectivity index (χ2v) is 12.2. The van der Waals surface area contributed by atoms with E-state index in [0.717, 1.165) is 42.0 Å². The molecular weight excluding hydrogens is 569 g/mol. The summed E-state index contributed by atoms with van der Waals surface area (Å²) in [5, 5.41) is 12.7. The first kappa shape index (κ1) is 27.9. The van der Waals surface area contributed by atoms with E-state index in [2.05, 4.69) is 14.8 Å². The van der Waals surface area contributed by atoms with E-state index in [1.54, 1.807) is 37.3 Å². The number of benzene rings is 4. The Hall–Kier alpha value is -4.13. The number of nitrogens with one attached hydrogen (secondary N) is 3. The van der Waals surface area contributed by atoms with Crippen molar-refractivity contribution in [1.82, 2.24) is 0 Å². The quantitative estimate of drug-likeness (QED) is 0.204. The first-order chi connectivity index (χ1) is 18.3. The van der Waals surface area contributed by atoms with Gasteiger partial charge in [-0.2, -0.15) is 0 Å². The minimum absolute atomic E-state index is 0.181. The minimum Gasteiger partial charge on any atom is -0.506 e. The Balaban J connectivity index is 1.60. The van der Waals surface area contributed by atoms with Crippen LogP contribution in [0.25, 0.3) is 0 Å². The first-order valence-corrected chi connectivity index (χ1v) is 14.5. The number of rotatable bonds is 8. The van der Waals surface area contributed by atoms with Gasteiger partial charge in [-0.05, 0) is 79.2 Å². The van der Waals surface area contributed by atoms with Gasteiger partial charge in [0.05, 0.1) is 26.7 Å². The highest BCUT2D eigenvalue weighted by Gasteiger charge is 2.22. The van der Waals surface area contributed by atoms with Crippen LogP contribution in [0.15, 0.2) is 94.7 Å². The lowest BCUT2D eigenvalue weighted by molar-refractivity contribution is 0.102. The van der Waals surface area contributed by atoms with Crippen molar-refractivity contribution in [2.24, 2.45) is 0 Å². The summed E-state index contributed by atoms with van der Waals surface area (Å²) in [6.45, 7) is 1.78. The lowest BCUT2D eigenvalue weighted by Crippen LogP contribution is -2.18. The van der Waals surface area contributed by atoms with Crippen LogP contribution < -0.4 is 14.8 Å². The van der Waals surface area contributed by atoms with Gasteiger partial charge < -0.3 is 10.4 Å². The molecule has 0 spiro atoms. The summed E-state index contributed by atoms with van der Waals surface area (Å²) < 4.78 is 70.6. The second kappa shape index (κ2) is 10.9. The van der Waals surface area contributed by atoms with Crippen molar-refractivity contribution in [2.45, 2.75) is 16.7 Å².